The van der Waals surface area contributed by atoms with E-state index in [-0.39, 0.29) is 16.9 Å². The largest absolute Gasteiger partial charge is 0.352 e. The van der Waals surface area contributed by atoms with E-state index in [1.807, 2.05) is 36.4 Å². The average molecular weight is 301 g/mol. The van der Waals surface area contributed by atoms with Gasteiger partial charge in [-0.1, -0.05) is 49.7 Å². The lowest BCUT2D eigenvalue weighted by molar-refractivity contribution is -0.122. The van der Waals surface area contributed by atoms with E-state index in [9.17, 15) is 10.1 Å². The van der Waals surface area contributed by atoms with Crippen LogP contribution in [0.15, 0.2) is 30.3 Å². The molecule has 0 saturated heterocycles. The predicted octanol–water partition coefficient (Wildman–Crippen LogP) is 3.01. The van der Waals surface area contributed by atoms with Gasteiger partial charge in [0.05, 0.1) is 6.07 Å². The lowest BCUT2D eigenvalue weighted by Gasteiger charge is -2.24. The zero-order valence-corrected chi connectivity index (χ0v) is 12.7. The number of para-hydroxylation sites is 1. The summed E-state index contributed by atoms with van der Waals surface area (Å²) in [4.78, 5) is 12.5. The van der Waals surface area contributed by atoms with Crippen molar-refractivity contribution in [2.45, 2.75) is 38.1 Å². The molecule has 110 valence electrons. The molecule has 0 unspecified atom stereocenters. The van der Waals surface area contributed by atoms with Crippen LogP contribution in [-0.2, 0) is 4.79 Å². The van der Waals surface area contributed by atoms with Crippen molar-refractivity contribution in [1.82, 2.24) is 5.32 Å². The summed E-state index contributed by atoms with van der Waals surface area (Å²) >= 11 is 5.21. The molecule has 21 heavy (non-hydrogen) atoms. The molecule has 1 aromatic carbocycles. The fourth-order valence-corrected chi connectivity index (χ4v) is 2.78. The molecule has 0 heterocycles. The molecular weight excluding hydrogens is 282 g/mol. The van der Waals surface area contributed by atoms with Gasteiger partial charge in [0.25, 0.3) is 0 Å². The van der Waals surface area contributed by atoms with Crippen LogP contribution < -0.4 is 10.6 Å². The molecule has 1 fully saturated rings. The summed E-state index contributed by atoms with van der Waals surface area (Å²) in [6.45, 7) is 0. The monoisotopic (exact) mass is 301 g/mol. The fourth-order valence-electron chi connectivity index (χ4n) is 2.50. The van der Waals surface area contributed by atoms with E-state index in [4.69, 9.17) is 12.2 Å². The van der Waals surface area contributed by atoms with Crippen LogP contribution in [0.2, 0.25) is 0 Å². The third-order valence-electron chi connectivity index (χ3n) is 3.65. The third kappa shape index (κ3) is 4.54. The van der Waals surface area contributed by atoms with Crippen molar-refractivity contribution >= 4 is 28.8 Å². The molecule has 1 amide bonds. The van der Waals surface area contributed by atoms with E-state index >= 15 is 0 Å². The first-order chi connectivity index (χ1) is 10.2. The van der Waals surface area contributed by atoms with E-state index in [1.165, 1.54) is 6.42 Å². The first kappa shape index (κ1) is 15.5. The van der Waals surface area contributed by atoms with E-state index in [1.54, 1.807) is 0 Å². The highest BCUT2D eigenvalue weighted by atomic mass is 32.1. The summed E-state index contributed by atoms with van der Waals surface area (Å²) in [7, 11) is 0. The summed E-state index contributed by atoms with van der Waals surface area (Å²) in [6.07, 6.45) is 5.47. The van der Waals surface area contributed by atoms with Gasteiger partial charge in [0.2, 0.25) is 5.91 Å². The van der Waals surface area contributed by atoms with Crippen LogP contribution in [0.25, 0.3) is 0 Å². The average Bonchev–Trinajstić information content (AvgIpc) is 2.50. The van der Waals surface area contributed by atoms with Crippen molar-refractivity contribution < 1.29 is 4.79 Å². The third-order valence-corrected chi connectivity index (χ3v) is 3.98. The Morgan fingerprint density at radius 2 is 1.90 bits per heavy atom. The minimum absolute atomic E-state index is 0.182. The van der Waals surface area contributed by atoms with Crippen LogP contribution in [0.4, 0.5) is 5.69 Å². The fraction of sp³-hybridized carbons (Fsp3) is 0.438. The van der Waals surface area contributed by atoms with Crippen LogP contribution in [0, 0.1) is 17.2 Å². The summed E-state index contributed by atoms with van der Waals surface area (Å²) in [6, 6.07) is 11.5. The Morgan fingerprint density at radius 3 is 2.52 bits per heavy atom. The van der Waals surface area contributed by atoms with Crippen molar-refractivity contribution in [3.63, 3.8) is 0 Å². The molecule has 2 rings (SSSR count). The Bertz CT molecular complexity index is 532. The number of hydrogen-bond donors (Lipinski definition) is 2. The number of benzene rings is 1. The standard InChI is InChI=1S/C16H19N3OS/c17-11-14(15(20)18-12-7-3-1-4-8-12)16(21)19-13-9-5-2-6-10-13/h2,5-6,9-10,12,14H,1,3-4,7-8H2,(H,18,20)(H,19,21)/t14-/m0/s1. The Hall–Kier alpha value is -1.93. The van der Waals surface area contributed by atoms with Gasteiger partial charge in [-0.25, -0.2) is 0 Å². The van der Waals surface area contributed by atoms with E-state index in [2.05, 4.69) is 10.6 Å². The van der Waals surface area contributed by atoms with Crippen molar-refractivity contribution in [2.75, 3.05) is 5.32 Å². The number of carbonyl (C=O) groups excluding carboxylic acids is 1. The molecule has 1 saturated carbocycles. The number of nitrogens with zero attached hydrogens (tertiary/aromatic N) is 1. The number of thiocarbonyl (C=S) groups is 1. The molecule has 0 aromatic heterocycles. The number of hydrogen-bond acceptors (Lipinski definition) is 3. The van der Waals surface area contributed by atoms with Gasteiger partial charge in [-0.05, 0) is 25.0 Å². The van der Waals surface area contributed by atoms with Gasteiger partial charge in [-0.3, -0.25) is 4.79 Å². The lowest BCUT2D eigenvalue weighted by atomic mass is 9.95. The van der Waals surface area contributed by atoms with Gasteiger partial charge in [0.1, 0.15) is 4.99 Å². The Balaban J connectivity index is 1.93. The highest BCUT2D eigenvalue weighted by Gasteiger charge is 2.26. The number of amides is 1. The molecule has 1 atom stereocenters. The van der Waals surface area contributed by atoms with E-state index in [0.717, 1.165) is 31.4 Å². The normalized spacial score (nSPS) is 16.5. The molecule has 4 nitrogen and oxygen atoms in total. The SMILES string of the molecule is N#C[C@@H](C(=O)NC1CCCCC1)C(=S)Nc1ccccc1. The van der Waals surface area contributed by atoms with Gasteiger partial charge < -0.3 is 10.6 Å². The van der Waals surface area contributed by atoms with Crippen molar-refractivity contribution in [2.24, 2.45) is 5.92 Å². The predicted molar refractivity (Wildman–Crippen MR) is 86.8 cm³/mol. The van der Waals surface area contributed by atoms with E-state index in [0.29, 0.717) is 0 Å². The number of nitriles is 1. The molecule has 1 aromatic rings. The van der Waals surface area contributed by atoms with Crippen LogP contribution in [-0.4, -0.2) is 16.9 Å². The molecule has 0 bridgehead atoms. The molecule has 0 radical (unpaired) electrons. The molecule has 2 N–H and O–H groups in total. The minimum Gasteiger partial charge on any atom is -0.352 e. The Morgan fingerprint density at radius 1 is 1.24 bits per heavy atom. The molecule has 5 heteroatoms. The molecule has 1 aliphatic carbocycles. The minimum atomic E-state index is -0.942. The number of nitrogens with one attached hydrogen (secondary N) is 2. The van der Waals surface area contributed by atoms with Crippen molar-refractivity contribution in [3.8, 4) is 6.07 Å². The zero-order valence-electron chi connectivity index (χ0n) is 11.8. The maximum atomic E-state index is 12.2. The van der Waals surface area contributed by atoms with Gasteiger partial charge in [-0.15, -0.1) is 0 Å². The highest BCUT2D eigenvalue weighted by Crippen LogP contribution is 2.18. The maximum absolute atomic E-state index is 12.2. The molecular formula is C16H19N3OS. The number of rotatable bonds is 4. The second kappa shape index (κ2) is 7.75. The van der Waals surface area contributed by atoms with Crippen molar-refractivity contribution in [1.29, 1.82) is 5.26 Å². The van der Waals surface area contributed by atoms with E-state index < -0.39 is 5.92 Å². The maximum Gasteiger partial charge on any atom is 0.244 e. The van der Waals surface area contributed by atoms with Crippen LogP contribution in [0.1, 0.15) is 32.1 Å². The van der Waals surface area contributed by atoms with Gasteiger partial charge in [0.15, 0.2) is 5.92 Å². The second-order valence-electron chi connectivity index (χ2n) is 5.26. The molecule has 1 aliphatic rings. The summed E-state index contributed by atoms with van der Waals surface area (Å²) in [5, 5.41) is 15.1. The molecule has 0 spiro atoms. The van der Waals surface area contributed by atoms with Crippen LogP contribution in [0.3, 0.4) is 0 Å². The number of anilines is 1. The highest BCUT2D eigenvalue weighted by molar-refractivity contribution is 7.80. The topological polar surface area (TPSA) is 64.9 Å². The summed E-state index contributed by atoms with van der Waals surface area (Å²) in [5.41, 5.74) is 0.785. The molecule has 0 aliphatic heterocycles. The smallest absolute Gasteiger partial charge is 0.244 e. The summed E-state index contributed by atoms with van der Waals surface area (Å²) < 4.78 is 0. The van der Waals surface area contributed by atoms with Gasteiger partial charge >= 0.3 is 0 Å². The quantitative estimate of drug-likeness (QED) is 0.839. The first-order valence-corrected chi connectivity index (χ1v) is 7.67. The van der Waals surface area contributed by atoms with Gasteiger partial charge in [0, 0.05) is 11.7 Å². The Labute approximate surface area is 130 Å². The van der Waals surface area contributed by atoms with Crippen LogP contribution >= 0.6 is 12.2 Å². The van der Waals surface area contributed by atoms with Gasteiger partial charge in [-0.2, -0.15) is 5.26 Å². The zero-order chi connectivity index (χ0) is 15.1. The van der Waals surface area contributed by atoms with Crippen molar-refractivity contribution in [3.05, 3.63) is 30.3 Å². The summed E-state index contributed by atoms with van der Waals surface area (Å²) in [5.74, 6) is -1.24. The number of carbonyl (C=O) groups is 1. The van der Waals surface area contributed by atoms with Crippen LogP contribution in [0.5, 0.6) is 0 Å². The first-order valence-electron chi connectivity index (χ1n) is 7.26. The Kier molecular flexibility index (Phi) is 5.70. The second-order valence-corrected chi connectivity index (χ2v) is 5.70. The lowest BCUT2D eigenvalue weighted by Crippen LogP contribution is -2.42.